The van der Waals surface area contributed by atoms with Gasteiger partial charge in [0.2, 0.25) is 17.7 Å². The van der Waals surface area contributed by atoms with Crippen molar-refractivity contribution >= 4 is 29.7 Å². The Balaban J connectivity index is 1.38. The lowest BCUT2D eigenvalue weighted by Gasteiger charge is -2.45. The van der Waals surface area contributed by atoms with Crippen molar-refractivity contribution in [1.82, 2.24) is 20.9 Å². The number of aliphatic hydroxyl groups is 1. The van der Waals surface area contributed by atoms with Crippen molar-refractivity contribution in [2.24, 2.45) is 17.8 Å². The second kappa shape index (κ2) is 9.20. The first-order valence-corrected chi connectivity index (χ1v) is 12.1. The van der Waals surface area contributed by atoms with Crippen LogP contribution in [0.25, 0.3) is 0 Å². The molecule has 0 bridgehead atoms. The normalized spacial score (nSPS) is 37.3. The van der Waals surface area contributed by atoms with Crippen LogP contribution < -0.4 is 16.0 Å². The van der Waals surface area contributed by atoms with Crippen molar-refractivity contribution < 1.29 is 29.3 Å². The van der Waals surface area contributed by atoms with Crippen molar-refractivity contribution in [3.63, 3.8) is 0 Å². The molecule has 0 aromatic rings. The van der Waals surface area contributed by atoms with Gasteiger partial charge in [-0.3, -0.25) is 14.5 Å². The van der Waals surface area contributed by atoms with Gasteiger partial charge in [0.05, 0.1) is 29.0 Å². The number of aliphatic hydroxyl groups excluding tert-OH is 1. The van der Waals surface area contributed by atoms with E-state index in [0.29, 0.717) is 12.0 Å². The number of amides is 2. The third-order valence-corrected chi connectivity index (χ3v) is 8.62. The average Bonchev–Trinajstić information content (AvgIpc) is 3.41. The van der Waals surface area contributed by atoms with Gasteiger partial charge in [0.1, 0.15) is 0 Å². The van der Waals surface area contributed by atoms with E-state index < -0.39 is 18.2 Å². The molecule has 3 saturated heterocycles. The van der Waals surface area contributed by atoms with E-state index in [0.717, 1.165) is 37.3 Å². The third kappa shape index (κ3) is 4.23. The largest absolute Gasteiger partial charge is 0.512 e. The molecule has 5 N–H and O–H groups in total. The molecule has 3 fully saturated rings. The Labute approximate surface area is 191 Å². The number of carbonyl (C=O) groups excluding carboxylic acids is 2. The van der Waals surface area contributed by atoms with Crippen molar-refractivity contribution in [3.8, 4) is 0 Å². The maximum Gasteiger partial charge on any atom is 0.512 e. The molecule has 0 spiro atoms. The molecule has 4 rings (SSSR count). The first-order chi connectivity index (χ1) is 15.2. The van der Waals surface area contributed by atoms with E-state index in [9.17, 15) is 24.6 Å². The maximum absolute atomic E-state index is 12.5. The van der Waals surface area contributed by atoms with Gasteiger partial charge < -0.3 is 30.9 Å². The van der Waals surface area contributed by atoms with Crippen molar-refractivity contribution in [1.29, 1.82) is 0 Å². The molecule has 11 heteroatoms. The molecule has 178 valence electrons. The van der Waals surface area contributed by atoms with E-state index >= 15 is 0 Å². The highest BCUT2D eigenvalue weighted by atomic mass is 32.2. The number of ether oxygens (including phenoxy) is 1. The summed E-state index contributed by atoms with van der Waals surface area (Å²) in [6.07, 6.45) is 0.482. The van der Waals surface area contributed by atoms with Gasteiger partial charge in [-0.2, -0.15) is 0 Å². The number of fused-ring (bicyclic) bond motifs is 1. The van der Waals surface area contributed by atoms with E-state index in [-0.39, 0.29) is 40.9 Å². The highest BCUT2D eigenvalue weighted by molar-refractivity contribution is 8.03. The second-order valence-corrected chi connectivity index (χ2v) is 10.6. The number of rotatable bonds is 7. The minimum Gasteiger partial charge on any atom is -0.449 e. The van der Waals surface area contributed by atoms with Crippen LogP contribution in [-0.4, -0.2) is 82.7 Å². The lowest BCUT2D eigenvalue weighted by atomic mass is 9.79. The molecule has 4 aliphatic heterocycles. The van der Waals surface area contributed by atoms with E-state index in [1.807, 2.05) is 6.92 Å². The van der Waals surface area contributed by atoms with Gasteiger partial charge >= 0.3 is 6.16 Å². The van der Waals surface area contributed by atoms with Crippen molar-refractivity contribution in [2.75, 3.05) is 20.1 Å². The molecule has 0 aromatic carbocycles. The monoisotopic (exact) mass is 468 g/mol. The van der Waals surface area contributed by atoms with Gasteiger partial charge in [-0.05, 0) is 38.6 Å². The number of likely N-dealkylation sites (N-methyl/N-ethyl adjacent to an activating group) is 1. The van der Waals surface area contributed by atoms with E-state index in [2.05, 4.69) is 16.0 Å². The van der Waals surface area contributed by atoms with Crippen LogP contribution in [0.3, 0.4) is 0 Å². The third-order valence-electron chi connectivity index (χ3n) is 7.13. The van der Waals surface area contributed by atoms with Gasteiger partial charge in [0.15, 0.2) is 0 Å². The molecule has 32 heavy (non-hydrogen) atoms. The number of hydrogen-bond acceptors (Lipinski definition) is 8. The van der Waals surface area contributed by atoms with Gasteiger partial charge in [0.25, 0.3) is 0 Å². The Bertz CT molecular complexity index is 820. The van der Waals surface area contributed by atoms with E-state index in [1.54, 1.807) is 25.7 Å². The lowest BCUT2D eigenvalue weighted by molar-refractivity contribution is -0.163. The number of nitrogens with one attached hydrogen (secondary N) is 3. The molecule has 4 aliphatic rings. The fourth-order valence-electron chi connectivity index (χ4n) is 5.60. The zero-order valence-corrected chi connectivity index (χ0v) is 19.4. The summed E-state index contributed by atoms with van der Waals surface area (Å²) in [6, 6.07) is -0.0656. The SMILES string of the molecule is CNC(=O)[C@@H]1CC(C[C@@H]2C[C@H](SC3=C(OC(=O)O)N4C(=O)[C@H]([C@@H](C)O)[C@H]4[C@H]3C)CN2)CN1. The molecule has 0 aliphatic carbocycles. The fraction of sp³-hybridized carbons (Fsp3) is 0.762. The Morgan fingerprint density at radius 2 is 2.06 bits per heavy atom. The van der Waals surface area contributed by atoms with Crippen LogP contribution in [0.15, 0.2) is 10.8 Å². The maximum atomic E-state index is 12.5. The first-order valence-electron chi connectivity index (χ1n) is 11.2. The Morgan fingerprint density at radius 1 is 1.31 bits per heavy atom. The first kappa shape index (κ1) is 23.3. The number of carboxylic acid groups (broad SMARTS) is 1. The summed E-state index contributed by atoms with van der Waals surface area (Å²) in [6.45, 7) is 5.16. The van der Waals surface area contributed by atoms with Crippen LogP contribution in [-0.2, 0) is 14.3 Å². The number of thioether (sulfide) groups is 1. The summed E-state index contributed by atoms with van der Waals surface area (Å²) in [4.78, 5) is 37.8. The molecular weight excluding hydrogens is 436 g/mol. The smallest absolute Gasteiger partial charge is 0.449 e. The van der Waals surface area contributed by atoms with Gasteiger partial charge in [0, 0.05) is 30.8 Å². The molecule has 10 nitrogen and oxygen atoms in total. The summed E-state index contributed by atoms with van der Waals surface area (Å²) < 4.78 is 5.05. The van der Waals surface area contributed by atoms with Crippen LogP contribution in [0.1, 0.15) is 33.1 Å². The van der Waals surface area contributed by atoms with Crippen molar-refractivity contribution in [2.45, 2.75) is 62.6 Å². The standard InChI is InChI=1S/C21H32N4O6S/c1-9-16-15(10(2)26)19(28)25(16)20(31-21(29)30)17(9)32-13-6-12(23-8-13)4-11-5-14(24-7-11)18(27)22-3/h9-16,23-24,26H,4-8H2,1-3H3,(H,22,27)(H,29,30)/t9-,10-,11?,12-,13+,14+,15-,16-/m1/s1. The molecule has 0 saturated carbocycles. The summed E-state index contributed by atoms with van der Waals surface area (Å²) in [7, 11) is 1.65. The van der Waals surface area contributed by atoms with Gasteiger partial charge in [-0.25, -0.2) is 4.79 Å². The van der Waals surface area contributed by atoms with E-state index in [4.69, 9.17) is 4.74 Å². The van der Waals surface area contributed by atoms with Crippen LogP contribution in [0, 0.1) is 17.8 Å². The Morgan fingerprint density at radius 3 is 2.72 bits per heavy atom. The Hall–Kier alpha value is -1.82. The number of carbonyl (C=O) groups is 3. The number of nitrogens with zero attached hydrogens (tertiary/aromatic N) is 1. The summed E-state index contributed by atoms with van der Waals surface area (Å²) in [5, 5.41) is 29.0. The predicted molar refractivity (Wildman–Crippen MR) is 117 cm³/mol. The van der Waals surface area contributed by atoms with Crippen LogP contribution >= 0.6 is 11.8 Å². The summed E-state index contributed by atoms with van der Waals surface area (Å²) >= 11 is 1.58. The number of β-lactam (4-membered cyclic amide) rings is 1. The predicted octanol–water partition coefficient (Wildman–Crippen LogP) is 0.286. The van der Waals surface area contributed by atoms with Gasteiger partial charge in [-0.1, -0.05) is 6.92 Å². The minimum atomic E-state index is -1.44. The quantitative estimate of drug-likeness (QED) is 0.263. The molecular formula is C21H32N4O6S. The molecule has 4 heterocycles. The molecule has 2 amide bonds. The second-order valence-electron chi connectivity index (χ2n) is 9.28. The average molecular weight is 469 g/mol. The zero-order chi connectivity index (χ0) is 23.2. The lowest BCUT2D eigenvalue weighted by Crippen LogP contribution is -2.63. The molecule has 0 aromatic heterocycles. The van der Waals surface area contributed by atoms with Crippen molar-refractivity contribution in [3.05, 3.63) is 10.8 Å². The van der Waals surface area contributed by atoms with Crippen LogP contribution in [0.5, 0.6) is 0 Å². The topological polar surface area (TPSA) is 140 Å². The molecule has 0 radical (unpaired) electrons. The summed E-state index contributed by atoms with van der Waals surface area (Å²) in [5.41, 5.74) is 0. The molecule has 1 unspecified atom stereocenters. The van der Waals surface area contributed by atoms with Crippen LogP contribution in [0.4, 0.5) is 4.79 Å². The number of hydrogen-bond donors (Lipinski definition) is 5. The molecule has 8 atom stereocenters. The van der Waals surface area contributed by atoms with Crippen LogP contribution in [0.2, 0.25) is 0 Å². The van der Waals surface area contributed by atoms with E-state index in [1.165, 1.54) is 4.90 Å². The Kier molecular flexibility index (Phi) is 6.71. The van der Waals surface area contributed by atoms with Gasteiger partial charge in [-0.15, -0.1) is 11.8 Å². The fourth-order valence-corrected chi connectivity index (χ4v) is 7.06. The highest BCUT2D eigenvalue weighted by Crippen LogP contribution is 2.52. The minimum absolute atomic E-state index is 0.0307. The highest BCUT2D eigenvalue weighted by Gasteiger charge is 2.60. The zero-order valence-electron chi connectivity index (χ0n) is 18.5. The summed E-state index contributed by atoms with van der Waals surface area (Å²) in [5.74, 6) is -0.348.